The molecular weight excluding hydrogens is 254 g/mol. The number of rotatable bonds is 8. The van der Waals surface area contributed by atoms with Gasteiger partial charge in [0.1, 0.15) is 5.41 Å². The van der Waals surface area contributed by atoms with Gasteiger partial charge in [-0.2, -0.15) is 0 Å². The van der Waals surface area contributed by atoms with E-state index >= 15 is 0 Å². The minimum atomic E-state index is -0.842. The Bertz CT molecular complexity index is 362. The van der Waals surface area contributed by atoms with Crippen LogP contribution in [0.2, 0.25) is 0 Å². The van der Waals surface area contributed by atoms with Crippen molar-refractivity contribution >= 4 is 11.7 Å². The van der Waals surface area contributed by atoms with Crippen LogP contribution < -0.4 is 5.73 Å². The third kappa shape index (κ3) is 3.44. The van der Waals surface area contributed by atoms with E-state index in [0.29, 0.717) is 24.7 Å². The molecule has 20 heavy (non-hydrogen) atoms. The molecular formula is C15H29N3O2. The summed E-state index contributed by atoms with van der Waals surface area (Å²) < 4.78 is 0. The Morgan fingerprint density at radius 1 is 1.40 bits per heavy atom. The quantitative estimate of drug-likeness (QED) is 0.311. The van der Waals surface area contributed by atoms with E-state index in [-0.39, 0.29) is 11.7 Å². The maximum atomic E-state index is 12.9. The molecule has 5 nitrogen and oxygen atoms in total. The van der Waals surface area contributed by atoms with Crippen molar-refractivity contribution in [2.24, 2.45) is 28.1 Å². The number of amidine groups is 1. The first-order valence-corrected chi connectivity index (χ1v) is 7.66. The number of amides is 1. The largest absolute Gasteiger partial charge is 0.409 e. The third-order valence-corrected chi connectivity index (χ3v) is 4.49. The van der Waals surface area contributed by atoms with E-state index in [9.17, 15) is 4.79 Å². The van der Waals surface area contributed by atoms with Gasteiger partial charge in [-0.1, -0.05) is 38.8 Å². The molecule has 1 aliphatic carbocycles. The van der Waals surface area contributed by atoms with Crippen LogP contribution in [-0.4, -0.2) is 35.4 Å². The maximum Gasteiger partial charge on any atom is 0.236 e. The molecule has 2 unspecified atom stereocenters. The second kappa shape index (κ2) is 6.95. The molecule has 0 bridgehead atoms. The van der Waals surface area contributed by atoms with Crippen LogP contribution in [0.5, 0.6) is 0 Å². The molecule has 0 aromatic heterocycles. The van der Waals surface area contributed by atoms with Crippen molar-refractivity contribution < 1.29 is 10.0 Å². The van der Waals surface area contributed by atoms with Crippen LogP contribution in [0.3, 0.4) is 0 Å². The highest BCUT2D eigenvalue weighted by molar-refractivity contribution is 6.06. The van der Waals surface area contributed by atoms with Crippen molar-refractivity contribution in [1.82, 2.24) is 4.90 Å². The lowest BCUT2D eigenvalue weighted by Gasteiger charge is -2.34. The fraction of sp³-hybridized carbons (Fsp3) is 0.867. The standard InChI is InChI=1S/C15H29N3O2/c1-5-7-15(8-6-2,13(16)17-20)14(19)18(4)10-12-9-11(12)3/h11-12,20H,5-10H2,1-4H3,(H2,16,17). The maximum absolute atomic E-state index is 12.9. The average molecular weight is 283 g/mol. The first kappa shape index (κ1) is 16.8. The Kier molecular flexibility index (Phi) is 5.84. The van der Waals surface area contributed by atoms with Crippen LogP contribution in [0.1, 0.15) is 52.9 Å². The minimum Gasteiger partial charge on any atom is -0.409 e. The van der Waals surface area contributed by atoms with Gasteiger partial charge in [-0.15, -0.1) is 0 Å². The van der Waals surface area contributed by atoms with Gasteiger partial charge in [-0.3, -0.25) is 4.79 Å². The molecule has 1 fully saturated rings. The Balaban J connectivity index is 2.91. The summed E-state index contributed by atoms with van der Waals surface area (Å²) in [5.41, 5.74) is 5.05. The normalized spacial score (nSPS) is 22.7. The van der Waals surface area contributed by atoms with E-state index in [4.69, 9.17) is 10.9 Å². The molecule has 0 heterocycles. The smallest absolute Gasteiger partial charge is 0.236 e. The first-order chi connectivity index (χ1) is 9.42. The lowest BCUT2D eigenvalue weighted by molar-refractivity contribution is -0.138. The fourth-order valence-electron chi connectivity index (χ4n) is 3.11. The lowest BCUT2D eigenvalue weighted by atomic mass is 9.76. The Labute approximate surface area is 122 Å². The summed E-state index contributed by atoms with van der Waals surface area (Å²) >= 11 is 0. The number of carbonyl (C=O) groups is 1. The Hall–Kier alpha value is -1.26. The second-order valence-electron chi connectivity index (χ2n) is 6.23. The van der Waals surface area contributed by atoms with Gasteiger partial charge in [0.05, 0.1) is 0 Å². The zero-order valence-corrected chi connectivity index (χ0v) is 13.2. The van der Waals surface area contributed by atoms with E-state index in [1.165, 1.54) is 6.42 Å². The SMILES string of the molecule is CCCC(CCC)(C(=O)N(C)CC1CC1C)C(N)=NO. The molecule has 3 N–H and O–H groups in total. The number of nitrogens with two attached hydrogens (primary N) is 1. The first-order valence-electron chi connectivity index (χ1n) is 7.66. The van der Waals surface area contributed by atoms with Crippen LogP contribution in [0.4, 0.5) is 0 Å². The molecule has 2 atom stereocenters. The second-order valence-corrected chi connectivity index (χ2v) is 6.23. The highest BCUT2D eigenvalue weighted by atomic mass is 16.4. The summed E-state index contributed by atoms with van der Waals surface area (Å²) in [4.78, 5) is 14.6. The van der Waals surface area contributed by atoms with E-state index in [2.05, 4.69) is 12.1 Å². The van der Waals surface area contributed by atoms with Crippen LogP contribution in [0.15, 0.2) is 5.16 Å². The van der Waals surface area contributed by atoms with Crippen LogP contribution in [0, 0.1) is 17.3 Å². The predicted molar refractivity (Wildman–Crippen MR) is 80.6 cm³/mol. The summed E-state index contributed by atoms with van der Waals surface area (Å²) in [6.07, 6.45) is 4.10. The van der Waals surface area contributed by atoms with Crippen LogP contribution in [-0.2, 0) is 4.79 Å². The van der Waals surface area contributed by atoms with Gasteiger partial charge >= 0.3 is 0 Å². The van der Waals surface area contributed by atoms with Crippen molar-refractivity contribution in [1.29, 1.82) is 0 Å². The van der Waals surface area contributed by atoms with E-state index < -0.39 is 5.41 Å². The van der Waals surface area contributed by atoms with E-state index in [0.717, 1.165) is 19.4 Å². The van der Waals surface area contributed by atoms with Gasteiger partial charge in [0, 0.05) is 13.6 Å². The molecule has 1 aliphatic rings. The fourth-order valence-corrected chi connectivity index (χ4v) is 3.11. The molecule has 0 radical (unpaired) electrons. The zero-order chi connectivity index (χ0) is 15.3. The Morgan fingerprint density at radius 2 is 1.90 bits per heavy atom. The monoisotopic (exact) mass is 283 g/mol. The number of nitrogens with zero attached hydrogens (tertiary/aromatic N) is 2. The molecule has 1 amide bonds. The predicted octanol–water partition coefficient (Wildman–Crippen LogP) is 2.43. The summed E-state index contributed by atoms with van der Waals surface area (Å²) in [6.45, 7) is 7.02. The lowest BCUT2D eigenvalue weighted by Crippen LogP contribution is -2.50. The molecule has 5 heteroatoms. The summed E-state index contributed by atoms with van der Waals surface area (Å²) in [5, 5.41) is 12.2. The van der Waals surface area contributed by atoms with Crippen LogP contribution >= 0.6 is 0 Å². The van der Waals surface area contributed by atoms with Gasteiger partial charge in [-0.25, -0.2) is 0 Å². The highest BCUT2D eigenvalue weighted by Gasteiger charge is 2.44. The highest BCUT2D eigenvalue weighted by Crippen LogP contribution is 2.39. The minimum absolute atomic E-state index is 0.00407. The topological polar surface area (TPSA) is 78.9 Å². The van der Waals surface area contributed by atoms with Crippen molar-refractivity contribution in [3.05, 3.63) is 0 Å². The number of oxime groups is 1. The van der Waals surface area contributed by atoms with Crippen molar-refractivity contribution in [3.63, 3.8) is 0 Å². The summed E-state index contributed by atoms with van der Waals surface area (Å²) in [5.74, 6) is 1.37. The number of carbonyl (C=O) groups excluding carboxylic acids is 1. The molecule has 0 aromatic carbocycles. The van der Waals surface area contributed by atoms with Gasteiger partial charge in [0.2, 0.25) is 5.91 Å². The molecule has 0 spiro atoms. The summed E-state index contributed by atoms with van der Waals surface area (Å²) in [7, 11) is 1.83. The van der Waals surface area contributed by atoms with E-state index in [1.54, 1.807) is 4.90 Å². The van der Waals surface area contributed by atoms with Gasteiger partial charge in [-0.05, 0) is 31.1 Å². The molecule has 0 aliphatic heterocycles. The molecule has 1 rings (SSSR count). The van der Waals surface area contributed by atoms with Gasteiger partial charge in [0.25, 0.3) is 0 Å². The molecule has 116 valence electrons. The van der Waals surface area contributed by atoms with Gasteiger partial charge < -0.3 is 15.8 Å². The Morgan fingerprint density at radius 3 is 2.25 bits per heavy atom. The summed E-state index contributed by atoms with van der Waals surface area (Å²) in [6, 6.07) is 0. The molecule has 0 saturated heterocycles. The van der Waals surface area contributed by atoms with Crippen molar-refractivity contribution in [3.8, 4) is 0 Å². The van der Waals surface area contributed by atoms with Crippen LogP contribution in [0.25, 0.3) is 0 Å². The molecule has 1 saturated carbocycles. The number of hydrogen-bond acceptors (Lipinski definition) is 3. The number of hydrogen-bond donors (Lipinski definition) is 2. The zero-order valence-electron chi connectivity index (χ0n) is 13.2. The third-order valence-electron chi connectivity index (χ3n) is 4.49. The molecule has 0 aromatic rings. The van der Waals surface area contributed by atoms with Crippen molar-refractivity contribution in [2.45, 2.75) is 52.9 Å². The van der Waals surface area contributed by atoms with E-state index in [1.807, 2.05) is 20.9 Å². The van der Waals surface area contributed by atoms with Crippen molar-refractivity contribution in [2.75, 3.05) is 13.6 Å². The van der Waals surface area contributed by atoms with Gasteiger partial charge in [0.15, 0.2) is 5.84 Å². The average Bonchev–Trinajstić information content (AvgIpc) is 3.11.